The number of carbonyl (C=O) groups is 3. The maximum Gasteiger partial charge on any atom is 0.407 e. The van der Waals surface area contributed by atoms with E-state index in [1.54, 1.807) is 24.3 Å². The van der Waals surface area contributed by atoms with Gasteiger partial charge < -0.3 is 14.9 Å². The molecule has 0 bridgehead atoms. The lowest BCUT2D eigenvalue weighted by atomic mass is 10.1. The van der Waals surface area contributed by atoms with Crippen molar-refractivity contribution in [3.8, 4) is 0 Å². The molecule has 1 aromatic heterocycles. The fraction of sp³-hybridized carbons (Fsp3) is 0.316. The van der Waals surface area contributed by atoms with E-state index in [1.807, 2.05) is 24.4 Å². The van der Waals surface area contributed by atoms with E-state index < -0.39 is 18.0 Å². The summed E-state index contributed by atoms with van der Waals surface area (Å²) in [7, 11) is 1.23. The Labute approximate surface area is 166 Å². The number of alkyl carbamates (subject to hydrolysis) is 1. The van der Waals surface area contributed by atoms with Crippen LogP contribution in [0.1, 0.15) is 40.6 Å². The molecule has 0 fully saturated rings. The van der Waals surface area contributed by atoms with Crippen LogP contribution in [0.2, 0.25) is 0 Å². The van der Waals surface area contributed by atoms with Crippen molar-refractivity contribution in [2.24, 2.45) is 0 Å². The molecule has 1 N–H and O–H groups in total. The Morgan fingerprint density at radius 1 is 1.14 bits per heavy atom. The number of benzene rings is 1. The summed E-state index contributed by atoms with van der Waals surface area (Å²) in [6.07, 6.45) is 0.254. The van der Waals surface area contributed by atoms with Crippen molar-refractivity contribution in [2.75, 3.05) is 7.11 Å². The van der Waals surface area contributed by atoms with Crippen LogP contribution in [0.4, 0.5) is 4.79 Å². The maximum absolute atomic E-state index is 12.3. The zero-order valence-corrected chi connectivity index (χ0v) is 16.5. The summed E-state index contributed by atoms with van der Waals surface area (Å²) in [4.78, 5) is 46.2. The fourth-order valence-corrected chi connectivity index (χ4v) is 2.75. The second kappa shape index (κ2) is 11.1. The Kier molecular flexibility index (Phi) is 8.44. The quantitative estimate of drug-likeness (QED) is 0.675. The second-order valence-electron chi connectivity index (χ2n) is 5.66. The van der Waals surface area contributed by atoms with Gasteiger partial charge in [0, 0.05) is 23.4 Å². The van der Waals surface area contributed by atoms with Crippen molar-refractivity contribution in [1.29, 1.82) is 0 Å². The predicted octanol–water partition coefficient (Wildman–Crippen LogP) is 3.44. The number of hydroxylamine groups is 2. The molecular formula is C19H22N2O6S. The largest absolute Gasteiger partial charge is 0.444 e. The molecule has 28 heavy (non-hydrogen) atoms. The molecule has 9 heteroatoms. The van der Waals surface area contributed by atoms with E-state index in [-0.39, 0.29) is 25.1 Å². The van der Waals surface area contributed by atoms with Gasteiger partial charge in [-0.1, -0.05) is 25.1 Å². The molecule has 0 radical (unpaired) electrons. The van der Waals surface area contributed by atoms with Crippen molar-refractivity contribution < 1.29 is 28.8 Å². The van der Waals surface area contributed by atoms with Crippen LogP contribution in [-0.4, -0.2) is 30.3 Å². The SMILES string of the molecule is CCCC(=O)ON(OC)C(=O)c1ccc(CNC(=O)OCc2cccs2)cc1. The monoisotopic (exact) mass is 406 g/mol. The van der Waals surface area contributed by atoms with E-state index >= 15 is 0 Å². The number of rotatable bonds is 8. The highest BCUT2D eigenvalue weighted by molar-refractivity contribution is 7.09. The Morgan fingerprint density at radius 2 is 1.89 bits per heavy atom. The summed E-state index contributed by atoms with van der Waals surface area (Å²) in [6.45, 7) is 2.29. The van der Waals surface area contributed by atoms with Crippen LogP contribution in [0.25, 0.3) is 0 Å². The van der Waals surface area contributed by atoms with Crippen LogP contribution in [0.15, 0.2) is 41.8 Å². The number of carbonyl (C=O) groups excluding carboxylic acids is 3. The van der Waals surface area contributed by atoms with Gasteiger partial charge in [0.1, 0.15) is 6.61 Å². The van der Waals surface area contributed by atoms with Crippen LogP contribution >= 0.6 is 11.3 Å². The minimum Gasteiger partial charge on any atom is -0.444 e. The zero-order valence-electron chi connectivity index (χ0n) is 15.7. The highest BCUT2D eigenvalue weighted by atomic mass is 32.1. The molecule has 2 rings (SSSR count). The Balaban J connectivity index is 1.83. The van der Waals surface area contributed by atoms with Gasteiger partial charge in [-0.2, -0.15) is 0 Å². The average molecular weight is 406 g/mol. The zero-order chi connectivity index (χ0) is 20.4. The van der Waals surface area contributed by atoms with Gasteiger partial charge in [-0.3, -0.25) is 4.79 Å². The molecule has 8 nitrogen and oxygen atoms in total. The van der Waals surface area contributed by atoms with Gasteiger partial charge in [-0.15, -0.1) is 11.3 Å². The number of amides is 2. The summed E-state index contributed by atoms with van der Waals surface area (Å²) in [5.74, 6) is -1.17. The number of nitrogens with zero attached hydrogens (tertiary/aromatic N) is 1. The first-order chi connectivity index (χ1) is 13.5. The van der Waals surface area contributed by atoms with Crippen LogP contribution in [0, 0.1) is 0 Å². The van der Waals surface area contributed by atoms with Crippen LogP contribution in [-0.2, 0) is 32.4 Å². The number of nitrogens with one attached hydrogen (secondary N) is 1. The first kappa shape index (κ1) is 21.4. The second-order valence-corrected chi connectivity index (χ2v) is 6.70. The highest BCUT2D eigenvalue weighted by Gasteiger charge is 2.20. The molecule has 2 amide bonds. The Hall–Kier alpha value is -2.91. The highest BCUT2D eigenvalue weighted by Crippen LogP contribution is 2.11. The van der Waals surface area contributed by atoms with Crippen molar-refractivity contribution in [1.82, 2.24) is 10.5 Å². The van der Waals surface area contributed by atoms with E-state index in [0.717, 1.165) is 10.4 Å². The van der Waals surface area contributed by atoms with E-state index in [4.69, 9.17) is 14.4 Å². The summed E-state index contributed by atoms with van der Waals surface area (Å²) in [5.41, 5.74) is 1.05. The number of thiophene rings is 1. The molecule has 0 aliphatic heterocycles. The smallest absolute Gasteiger partial charge is 0.407 e. The third kappa shape index (κ3) is 6.67. The Morgan fingerprint density at radius 3 is 2.50 bits per heavy atom. The van der Waals surface area contributed by atoms with E-state index in [9.17, 15) is 14.4 Å². The standard InChI is InChI=1S/C19H22N2O6S/c1-3-5-17(22)27-21(25-2)18(23)15-9-7-14(8-10-15)12-20-19(24)26-13-16-6-4-11-28-16/h4,6-11H,3,5,12-13H2,1-2H3,(H,20,24). The minimum atomic E-state index is -0.609. The molecule has 0 spiro atoms. The topological polar surface area (TPSA) is 94.2 Å². The van der Waals surface area contributed by atoms with E-state index in [2.05, 4.69) is 5.32 Å². The van der Waals surface area contributed by atoms with Crippen LogP contribution < -0.4 is 5.32 Å². The summed E-state index contributed by atoms with van der Waals surface area (Å²) in [5, 5.41) is 5.10. The normalized spacial score (nSPS) is 10.2. The van der Waals surface area contributed by atoms with Crippen LogP contribution in [0.3, 0.4) is 0 Å². The molecule has 0 aliphatic rings. The minimum absolute atomic E-state index is 0.181. The number of ether oxygens (including phenoxy) is 1. The van der Waals surface area contributed by atoms with Crippen molar-refractivity contribution >= 4 is 29.3 Å². The molecular weight excluding hydrogens is 384 g/mol. The molecule has 0 atom stereocenters. The first-order valence-electron chi connectivity index (χ1n) is 8.64. The first-order valence-corrected chi connectivity index (χ1v) is 9.52. The third-order valence-corrected chi connectivity index (χ3v) is 4.38. The molecule has 0 saturated heterocycles. The molecule has 1 aromatic carbocycles. The molecule has 0 saturated carbocycles. The van der Waals surface area contributed by atoms with Gasteiger partial charge >= 0.3 is 18.0 Å². The van der Waals surface area contributed by atoms with E-state index in [0.29, 0.717) is 11.6 Å². The Bertz CT molecular complexity index is 776. The van der Waals surface area contributed by atoms with Gasteiger partial charge in [0.2, 0.25) is 0 Å². The van der Waals surface area contributed by atoms with Gasteiger partial charge in [0.05, 0.1) is 7.11 Å². The van der Waals surface area contributed by atoms with Crippen molar-refractivity contribution in [3.63, 3.8) is 0 Å². The van der Waals surface area contributed by atoms with E-state index in [1.165, 1.54) is 18.4 Å². The lowest BCUT2D eigenvalue weighted by Gasteiger charge is -2.17. The molecule has 2 aromatic rings. The lowest BCUT2D eigenvalue weighted by Crippen LogP contribution is -2.32. The van der Waals surface area contributed by atoms with Gasteiger partial charge in [-0.25, -0.2) is 14.4 Å². The molecule has 1 heterocycles. The maximum atomic E-state index is 12.3. The third-order valence-electron chi connectivity index (χ3n) is 3.53. The van der Waals surface area contributed by atoms with Gasteiger partial charge in [0.15, 0.2) is 0 Å². The van der Waals surface area contributed by atoms with Crippen molar-refractivity contribution in [2.45, 2.75) is 32.9 Å². The summed E-state index contributed by atoms with van der Waals surface area (Å²) in [6, 6.07) is 10.2. The molecule has 150 valence electrons. The molecule has 0 unspecified atom stereocenters. The van der Waals surface area contributed by atoms with Gasteiger partial charge in [-0.05, 0) is 40.8 Å². The predicted molar refractivity (Wildman–Crippen MR) is 102 cm³/mol. The molecule has 0 aliphatic carbocycles. The van der Waals surface area contributed by atoms with Crippen molar-refractivity contribution in [3.05, 3.63) is 57.8 Å². The summed E-state index contributed by atoms with van der Waals surface area (Å²) < 4.78 is 5.11. The lowest BCUT2D eigenvalue weighted by molar-refractivity contribution is -0.295. The summed E-state index contributed by atoms with van der Waals surface area (Å²) >= 11 is 1.51. The van der Waals surface area contributed by atoms with Gasteiger partial charge in [0.25, 0.3) is 0 Å². The fourth-order valence-electron chi connectivity index (χ4n) is 2.13. The van der Waals surface area contributed by atoms with Crippen LogP contribution in [0.5, 0.6) is 0 Å². The average Bonchev–Trinajstić information content (AvgIpc) is 3.22. The number of hydrogen-bond donors (Lipinski definition) is 1. The number of hydrogen-bond acceptors (Lipinski definition) is 7.